The lowest BCUT2D eigenvalue weighted by molar-refractivity contribution is -0.137. The largest absolute Gasteiger partial charge is 0.504 e. The van der Waals surface area contributed by atoms with Crippen molar-refractivity contribution in [3.8, 4) is 22.6 Å². The molecule has 168 valence electrons. The summed E-state index contributed by atoms with van der Waals surface area (Å²) < 4.78 is 40.4. The van der Waals surface area contributed by atoms with Gasteiger partial charge in [-0.25, -0.2) is 0 Å². The summed E-state index contributed by atoms with van der Waals surface area (Å²) in [6.07, 6.45) is -3.22. The van der Waals surface area contributed by atoms with E-state index in [-0.39, 0.29) is 45.9 Å². The van der Waals surface area contributed by atoms with Crippen LogP contribution in [0.2, 0.25) is 0 Å². The summed E-state index contributed by atoms with van der Waals surface area (Å²) in [6, 6.07) is 13.4. The molecule has 0 aliphatic carbocycles. The van der Waals surface area contributed by atoms with Crippen LogP contribution in [0.5, 0.6) is 11.5 Å². The van der Waals surface area contributed by atoms with E-state index >= 15 is 0 Å². The number of hydrogen-bond donors (Lipinski definition) is 4. The first kappa shape index (κ1) is 21.9. The molecule has 6 nitrogen and oxygen atoms in total. The number of hydrogen-bond acceptors (Lipinski definition) is 5. The number of fused-ring (bicyclic) bond motifs is 1. The number of benzene rings is 3. The second-order valence-corrected chi connectivity index (χ2v) is 7.35. The molecule has 0 saturated carbocycles. The summed E-state index contributed by atoms with van der Waals surface area (Å²) in [5.41, 5.74) is 0.322. The van der Waals surface area contributed by atoms with Crippen molar-refractivity contribution < 1.29 is 33.0 Å². The van der Waals surface area contributed by atoms with Gasteiger partial charge in [-0.2, -0.15) is 13.2 Å². The standard InChI is InChI=1S/C24H17F3N2O4/c25-24(26,27)19-4-2-1-3-15(19)14-6-7-16-17(10-14)18(23(33)29-22(16)32)12-28-11-13-5-8-20(30)21(31)9-13/h1-10,12,28,30-31H,11H2,(H,29,32,33)/b18-12+. The molecule has 3 aromatic carbocycles. The highest BCUT2D eigenvalue weighted by atomic mass is 19.4. The van der Waals surface area contributed by atoms with Crippen LogP contribution in [-0.2, 0) is 17.5 Å². The molecule has 0 saturated heterocycles. The van der Waals surface area contributed by atoms with Gasteiger partial charge in [0.1, 0.15) is 0 Å². The number of alkyl halides is 3. The first-order chi connectivity index (χ1) is 15.6. The Morgan fingerprint density at radius 1 is 0.848 bits per heavy atom. The van der Waals surface area contributed by atoms with E-state index in [2.05, 4.69) is 10.6 Å². The fraction of sp³-hybridized carbons (Fsp3) is 0.0833. The Kier molecular flexibility index (Phi) is 5.55. The number of phenols is 2. The molecule has 0 atom stereocenters. The van der Waals surface area contributed by atoms with Crippen molar-refractivity contribution in [1.29, 1.82) is 0 Å². The van der Waals surface area contributed by atoms with Crippen molar-refractivity contribution >= 4 is 17.4 Å². The Balaban J connectivity index is 1.72. The Bertz CT molecular complexity index is 1300. The third kappa shape index (κ3) is 4.38. The predicted octanol–water partition coefficient (Wildman–Crippen LogP) is 4.18. The van der Waals surface area contributed by atoms with Crippen molar-refractivity contribution in [2.75, 3.05) is 0 Å². The van der Waals surface area contributed by atoms with Crippen LogP contribution >= 0.6 is 0 Å². The van der Waals surface area contributed by atoms with Crippen LogP contribution in [0.3, 0.4) is 0 Å². The number of halogens is 3. The molecule has 0 unspecified atom stereocenters. The van der Waals surface area contributed by atoms with Gasteiger partial charge in [-0.3, -0.25) is 14.9 Å². The number of rotatable bonds is 4. The fourth-order valence-electron chi connectivity index (χ4n) is 3.57. The van der Waals surface area contributed by atoms with Gasteiger partial charge in [0, 0.05) is 23.9 Å². The minimum Gasteiger partial charge on any atom is -0.504 e. The second kappa shape index (κ2) is 8.34. The van der Waals surface area contributed by atoms with E-state index in [1.54, 1.807) is 6.07 Å². The molecule has 0 fully saturated rings. The van der Waals surface area contributed by atoms with Gasteiger partial charge >= 0.3 is 6.18 Å². The molecule has 4 rings (SSSR count). The zero-order valence-electron chi connectivity index (χ0n) is 16.9. The molecule has 3 aromatic rings. The number of amides is 2. The minimum atomic E-state index is -4.57. The maximum Gasteiger partial charge on any atom is 0.417 e. The first-order valence-electron chi connectivity index (χ1n) is 9.76. The zero-order chi connectivity index (χ0) is 23.8. The average Bonchev–Trinajstić information content (AvgIpc) is 2.77. The van der Waals surface area contributed by atoms with Crippen molar-refractivity contribution in [1.82, 2.24) is 10.6 Å². The monoisotopic (exact) mass is 454 g/mol. The molecule has 0 spiro atoms. The summed E-state index contributed by atoms with van der Waals surface area (Å²) in [6.45, 7) is 0.171. The lowest BCUT2D eigenvalue weighted by Crippen LogP contribution is -2.37. The highest BCUT2D eigenvalue weighted by Gasteiger charge is 2.34. The molecule has 33 heavy (non-hydrogen) atoms. The van der Waals surface area contributed by atoms with Gasteiger partial charge in [0.2, 0.25) is 0 Å². The molecule has 4 N–H and O–H groups in total. The van der Waals surface area contributed by atoms with E-state index in [0.29, 0.717) is 5.56 Å². The number of carbonyl (C=O) groups is 2. The molecule has 0 bridgehead atoms. The molecular weight excluding hydrogens is 437 g/mol. The minimum absolute atomic E-state index is 0.0685. The van der Waals surface area contributed by atoms with Gasteiger partial charge in [0.15, 0.2) is 11.5 Å². The van der Waals surface area contributed by atoms with E-state index in [1.165, 1.54) is 54.7 Å². The van der Waals surface area contributed by atoms with Crippen LogP contribution in [0, 0.1) is 0 Å². The molecule has 9 heteroatoms. The third-order valence-electron chi connectivity index (χ3n) is 5.16. The second-order valence-electron chi connectivity index (χ2n) is 7.35. The van der Waals surface area contributed by atoms with E-state index in [1.807, 2.05) is 0 Å². The number of carbonyl (C=O) groups excluding carboxylic acids is 2. The first-order valence-corrected chi connectivity index (χ1v) is 9.76. The van der Waals surface area contributed by atoms with Gasteiger partial charge in [0.05, 0.1) is 11.1 Å². The van der Waals surface area contributed by atoms with Gasteiger partial charge in [-0.15, -0.1) is 0 Å². The highest BCUT2D eigenvalue weighted by Crippen LogP contribution is 2.38. The lowest BCUT2D eigenvalue weighted by atomic mass is 9.90. The van der Waals surface area contributed by atoms with Gasteiger partial charge in [-0.1, -0.05) is 30.3 Å². The van der Waals surface area contributed by atoms with Crippen molar-refractivity contribution in [2.24, 2.45) is 0 Å². The Labute approximate surface area is 186 Å². The molecular formula is C24H17F3N2O4. The summed E-state index contributed by atoms with van der Waals surface area (Å²) in [7, 11) is 0. The number of aromatic hydroxyl groups is 2. The maximum atomic E-state index is 13.5. The molecule has 1 heterocycles. The van der Waals surface area contributed by atoms with Crippen LogP contribution < -0.4 is 10.6 Å². The van der Waals surface area contributed by atoms with Crippen LogP contribution in [0.1, 0.15) is 27.0 Å². The van der Waals surface area contributed by atoms with E-state index in [4.69, 9.17) is 0 Å². The lowest BCUT2D eigenvalue weighted by Gasteiger charge is -2.20. The van der Waals surface area contributed by atoms with Crippen LogP contribution in [0.4, 0.5) is 13.2 Å². The van der Waals surface area contributed by atoms with Crippen molar-refractivity contribution in [2.45, 2.75) is 12.7 Å². The number of nitrogens with one attached hydrogen (secondary N) is 2. The number of phenolic OH excluding ortho intramolecular Hbond substituents is 2. The van der Waals surface area contributed by atoms with Crippen molar-refractivity contribution in [3.63, 3.8) is 0 Å². The highest BCUT2D eigenvalue weighted by molar-refractivity contribution is 6.31. The van der Waals surface area contributed by atoms with Gasteiger partial charge < -0.3 is 15.5 Å². The zero-order valence-corrected chi connectivity index (χ0v) is 16.9. The molecule has 2 amide bonds. The molecule has 0 radical (unpaired) electrons. The summed E-state index contributed by atoms with van der Waals surface area (Å²) in [5, 5.41) is 24.1. The van der Waals surface area contributed by atoms with E-state index in [0.717, 1.165) is 6.07 Å². The summed E-state index contributed by atoms with van der Waals surface area (Å²) >= 11 is 0. The molecule has 1 aliphatic heterocycles. The predicted molar refractivity (Wildman–Crippen MR) is 114 cm³/mol. The number of imide groups is 1. The maximum absolute atomic E-state index is 13.5. The smallest absolute Gasteiger partial charge is 0.417 e. The Hall–Kier alpha value is -4.27. The average molecular weight is 454 g/mol. The van der Waals surface area contributed by atoms with Crippen LogP contribution in [0.15, 0.2) is 66.9 Å². The van der Waals surface area contributed by atoms with Crippen molar-refractivity contribution in [3.05, 3.63) is 89.1 Å². The van der Waals surface area contributed by atoms with E-state index < -0.39 is 23.6 Å². The molecule has 1 aliphatic rings. The Morgan fingerprint density at radius 3 is 2.33 bits per heavy atom. The van der Waals surface area contributed by atoms with Crippen LogP contribution in [0.25, 0.3) is 16.7 Å². The SMILES string of the molecule is O=C1NC(=O)c2ccc(-c3ccccc3C(F)(F)F)cc2/C1=C\NCc1ccc(O)c(O)c1. The normalized spacial score (nSPS) is 14.7. The Morgan fingerprint density at radius 2 is 1.61 bits per heavy atom. The van der Waals surface area contributed by atoms with Gasteiger partial charge in [-0.05, 0) is 47.0 Å². The van der Waals surface area contributed by atoms with Crippen LogP contribution in [-0.4, -0.2) is 22.0 Å². The summed E-state index contributed by atoms with van der Waals surface area (Å²) in [5.74, 6) is -1.93. The molecule has 0 aromatic heterocycles. The quantitative estimate of drug-likeness (QED) is 0.269. The summed E-state index contributed by atoms with van der Waals surface area (Å²) in [4.78, 5) is 24.8. The third-order valence-corrected chi connectivity index (χ3v) is 5.16. The van der Waals surface area contributed by atoms with E-state index in [9.17, 15) is 33.0 Å². The fourth-order valence-corrected chi connectivity index (χ4v) is 3.57. The van der Waals surface area contributed by atoms with Gasteiger partial charge in [0.25, 0.3) is 11.8 Å². The topological polar surface area (TPSA) is 98.7 Å².